The molecule has 2 aromatic heterocycles. The first-order valence-electron chi connectivity index (χ1n) is 12.2. The molecular weight excluding hydrogens is 547 g/mol. The second-order valence-corrected chi connectivity index (χ2v) is 9.70. The highest BCUT2D eigenvalue weighted by Gasteiger charge is 2.23. The number of carbonyl (C=O) groups is 2. The SMILES string of the molecule is COCCOCCNc1nc2nc(C(Cc3cc(F)cc(F)c3)NC=O)c(-c3ccc(F)c(C(N)=O)c3)cc2s1. The van der Waals surface area contributed by atoms with E-state index < -0.39 is 29.4 Å². The lowest BCUT2D eigenvalue weighted by molar-refractivity contribution is -0.110. The monoisotopic (exact) mass is 573 g/mol. The molecule has 210 valence electrons. The molecule has 1 unspecified atom stereocenters. The second-order valence-electron chi connectivity index (χ2n) is 8.67. The minimum absolute atomic E-state index is 0.0170. The van der Waals surface area contributed by atoms with E-state index in [1.165, 1.54) is 23.5 Å². The zero-order valence-electron chi connectivity index (χ0n) is 21.4. The second kappa shape index (κ2) is 13.3. The normalized spacial score (nSPS) is 11.9. The molecule has 0 bridgehead atoms. The van der Waals surface area contributed by atoms with Crippen molar-refractivity contribution < 1.29 is 32.2 Å². The Morgan fingerprint density at radius 3 is 2.55 bits per heavy atom. The third-order valence-corrected chi connectivity index (χ3v) is 6.82. The summed E-state index contributed by atoms with van der Waals surface area (Å²) in [4.78, 5) is 32.6. The van der Waals surface area contributed by atoms with Gasteiger partial charge in [0.15, 0.2) is 10.8 Å². The molecule has 2 heterocycles. The lowest BCUT2D eigenvalue weighted by Crippen LogP contribution is -2.24. The number of hydrogen-bond acceptors (Lipinski definition) is 8. The molecule has 13 heteroatoms. The molecule has 0 aliphatic rings. The molecule has 1 atom stereocenters. The number of primary amides is 1. The van der Waals surface area contributed by atoms with Crippen molar-refractivity contribution in [3.8, 4) is 11.1 Å². The van der Waals surface area contributed by atoms with Crippen LogP contribution in [0.25, 0.3) is 21.5 Å². The Bertz CT molecular complexity index is 1500. The number of nitrogens with zero attached hydrogens (tertiary/aromatic N) is 2. The van der Waals surface area contributed by atoms with Crippen molar-refractivity contribution in [3.05, 3.63) is 76.7 Å². The van der Waals surface area contributed by atoms with Crippen LogP contribution in [0.5, 0.6) is 0 Å². The first-order valence-corrected chi connectivity index (χ1v) is 13.0. The summed E-state index contributed by atoms with van der Waals surface area (Å²) in [6.45, 7) is 1.83. The quantitative estimate of drug-likeness (QED) is 0.154. The maximum absolute atomic E-state index is 14.3. The van der Waals surface area contributed by atoms with Crippen LogP contribution in [0, 0.1) is 17.5 Å². The summed E-state index contributed by atoms with van der Waals surface area (Å²) in [6.07, 6.45) is 0.434. The number of methoxy groups -OCH3 is 1. The number of anilines is 1. The molecule has 0 fully saturated rings. The minimum atomic E-state index is -0.954. The molecular formula is C27H26F3N5O4S. The van der Waals surface area contributed by atoms with Crippen molar-refractivity contribution in [2.75, 3.05) is 38.8 Å². The summed E-state index contributed by atoms with van der Waals surface area (Å²) >= 11 is 1.31. The number of nitrogens with one attached hydrogen (secondary N) is 2. The van der Waals surface area contributed by atoms with Crippen LogP contribution in [-0.4, -0.2) is 55.8 Å². The highest BCUT2D eigenvalue weighted by atomic mass is 32.1. The van der Waals surface area contributed by atoms with Gasteiger partial charge in [-0.05, 0) is 47.9 Å². The van der Waals surface area contributed by atoms with Gasteiger partial charge in [-0.25, -0.2) is 23.1 Å². The molecule has 0 saturated carbocycles. The van der Waals surface area contributed by atoms with Crippen LogP contribution in [0.4, 0.5) is 18.3 Å². The number of benzene rings is 2. The van der Waals surface area contributed by atoms with E-state index in [4.69, 9.17) is 20.2 Å². The number of ether oxygens (including phenoxy) is 2. The Labute approximate surface area is 231 Å². The van der Waals surface area contributed by atoms with Gasteiger partial charge in [0, 0.05) is 25.3 Å². The molecule has 2 amide bonds. The van der Waals surface area contributed by atoms with E-state index in [9.17, 15) is 22.8 Å². The predicted molar refractivity (Wildman–Crippen MR) is 145 cm³/mol. The molecule has 9 nitrogen and oxygen atoms in total. The number of pyridine rings is 1. The van der Waals surface area contributed by atoms with Crippen LogP contribution in [-0.2, 0) is 20.7 Å². The smallest absolute Gasteiger partial charge is 0.251 e. The van der Waals surface area contributed by atoms with Crippen molar-refractivity contribution in [2.24, 2.45) is 5.73 Å². The van der Waals surface area contributed by atoms with Gasteiger partial charge in [0.2, 0.25) is 6.41 Å². The molecule has 0 spiro atoms. The molecule has 4 aromatic rings. The minimum Gasteiger partial charge on any atom is -0.382 e. The number of fused-ring (bicyclic) bond motifs is 1. The van der Waals surface area contributed by atoms with Crippen molar-refractivity contribution >= 4 is 39.1 Å². The molecule has 4 rings (SSSR count). The van der Waals surface area contributed by atoms with Gasteiger partial charge in [0.1, 0.15) is 17.5 Å². The fourth-order valence-electron chi connectivity index (χ4n) is 4.09. The summed E-state index contributed by atoms with van der Waals surface area (Å²) in [6, 6.07) is 7.81. The number of halogens is 3. The maximum atomic E-state index is 14.3. The number of rotatable bonds is 14. The summed E-state index contributed by atoms with van der Waals surface area (Å²) in [5.74, 6) is -3.28. The molecule has 4 N–H and O–H groups in total. The fourth-order valence-corrected chi connectivity index (χ4v) is 4.96. The highest BCUT2D eigenvalue weighted by Crippen LogP contribution is 2.35. The number of hydrogen-bond donors (Lipinski definition) is 3. The van der Waals surface area contributed by atoms with Crippen molar-refractivity contribution in [3.63, 3.8) is 0 Å². The van der Waals surface area contributed by atoms with Crippen LogP contribution in [0.3, 0.4) is 0 Å². The van der Waals surface area contributed by atoms with Crippen molar-refractivity contribution in [2.45, 2.75) is 12.5 Å². The third-order valence-electron chi connectivity index (χ3n) is 5.87. The van der Waals surface area contributed by atoms with E-state index in [0.717, 1.165) is 24.3 Å². The summed E-state index contributed by atoms with van der Waals surface area (Å²) < 4.78 is 53.2. The largest absolute Gasteiger partial charge is 0.382 e. The van der Waals surface area contributed by atoms with Crippen molar-refractivity contribution in [1.29, 1.82) is 0 Å². The van der Waals surface area contributed by atoms with E-state index in [1.54, 1.807) is 13.2 Å². The summed E-state index contributed by atoms with van der Waals surface area (Å²) in [5.41, 5.74) is 6.81. The van der Waals surface area contributed by atoms with Gasteiger partial charge in [-0.3, -0.25) is 9.59 Å². The maximum Gasteiger partial charge on any atom is 0.251 e. The van der Waals surface area contributed by atoms with Crippen molar-refractivity contribution in [1.82, 2.24) is 15.3 Å². The van der Waals surface area contributed by atoms with Gasteiger partial charge in [-0.1, -0.05) is 17.4 Å². The average molecular weight is 574 g/mol. The molecule has 0 radical (unpaired) electrons. The number of amides is 2. The van der Waals surface area contributed by atoms with Crippen LogP contribution in [0.15, 0.2) is 42.5 Å². The van der Waals surface area contributed by atoms with Crippen LogP contribution >= 0.6 is 11.3 Å². The molecule has 40 heavy (non-hydrogen) atoms. The Morgan fingerprint density at radius 2 is 1.85 bits per heavy atom. The molecule has 0 aliphatic heterocycles. The summed E-state index contributed by atoms with van der Waals surface area (Å²) in [7, 11) is 1.59. The van der Waals surface area contributed by atoms with Gasteiger partial charge >= 0.3 is 0 Å². The Morgan fingerprint density at radius 1 is 1.07 bits per heavy atom. The first-order chi connectivity index (χ1) is 19.3. The average Bonchev–Trinajstić information content (AvgIpc) is 3.31. The lowest BCUT2D eigenvalue weighted by Gasteiger charge is -2.20. The zero-order chi connectivity index (χ0) is 28.6. The van der Waals surface area contributed by atoms with E-state index in [1.807, 2.05) is 0 Å². The zero-order valence-corrected chi connectivity index (χ0v) is 22.2. The van der Waals surface area contributed by atoms with E-state index >= 15 is 0 Å². The van der Waals surface area contributed by atoms with Crippen LogP contribution < -0.4 is 16.4 Å². The van der Waals surface area contributed by atoms with Crippen LogP contribution in [0.2, 0.25) is 0 Å². The fraction of sp³-hybridized carbons (Fsp3) is 0.259. The topological polar surface area (TPSA) is 128 Å². The van der Waals surface area contributed by atoms with E-state index in [-0.39, 0.29) is 17.5 Å². The Balaban J connectivity index is 1.76. The molecule has 0 saturated heterocycles. The van der Waals surface area contributed by atoms with Gasteiger partial charge in [0.25, 0.3) is 5.91 Å². The third kappa shape index (κ3) is 7.11. The number of aromatic nitrogens is 2. The Hall–Kier alpha value is -4.07. The highest BCUT2D eigenvalue weighted by molar-refractivity contribution is 7.22. The number of thiazole rings is 1. The van der Waals surface area contributed by atoms with Gasteiger partial charge in [-0.2, -0.15) is 0 Å². The summed E-state index contributed by atoms with van der Waals surface area (Å²) in [5, 5.41) is 6.38. The van der Waals surface area contributed by atoms with E-state index in [0.29, 0.717) is 65.1 Å². The van der Waals surface area contributed by atoms with Gasteiger partial charge in [-0.15, -0.1) is 0 Å². The van der Waals surface area contributed by atoms with E-state index in [2.05, 4.69) is 15.6 Å². The molecule has 0 aliphatic carbocycles. The standard InChI is InChI=1S/C27H26F3N5O4S/c1-38-6-7-39-5-4-32-27-35-26-23(40-27)13-19(16-2-3-21(30)20(11-16)25(31)37)24(34-26)22(33-14-36)10-15-8-17(28)12-18(29)9-15/h2-3,8-9,11-14,22H,4-7,10H2,1H3,(H2,31,37)(H,33,36)(H,32,34,35). The molecule has 2 aromatic carbocycles. The number of carbonyl (C=O) groups excluding carboxylic acids is 2. The first kappa shape index (κ1) is 28.9. The van der Waals surface area contributed by atoms with Gasteiger partial charge < -0.3 is 25.8 Å². The predicted octanol–water partition coefficient (Wildman–Crippen LogP) is 3.98. The Kier molecular flexibility index (Phi) is 9.64. The van der Waals surface area contributed by atoms with Gasteiger partial charge in [0.05, 0.1) is 41.8 Å². The van der Waals surface area contributed by atoms with Crippen LogP contribution in [0.1, 0.15) is 27.7 Å². The lowest BCUT2D eigenvalue weighted by atomic mass is 9.94. The number of nitrogens with two attached hydrogens (primary N) is 1.